The van der Waals surface area contributed by atoms with Crippen molar-refractivity contribution in [1.82, 2.24) is 9.55 Å². The molecule has 0 fully saturated rings. The smallest absolute Gasteiger partial charge is 0.305 e. The van der Waals surface area contributed by atoms with E-state index in [0.29, 0.717) is 18.7 Å². The second kappa shape index (κ2) is 4.49. The van der Waals surface area contributed by atoms with Crippen molar-refractivity contribution in [3.63, 3.8) is 0 Å². The fourth-order valence-corrected chi connectivity index (χ4v) is 3.41. The molecular weight excluding hydrogens is 276 g/mol. The number of hydrogen-bond acceptors (Lipinski definition) is 5. The molecule has 0 aliphatic carbocycles. The van der Waals surface area contributed by atoms with E-state index in [1.54, 1.807) is 11.8 Å². The van der Waals surface area contributed by atoms with Crippen molar-refractivity contribution in [3.05, 3.63) is 23.5 Å². The first-order chi connectivity index (χ1) is 9.44. The minimum absolute atomic E-state index is 0.383. The third-order valence-electron chi connectivity index (χ3n) is 3.57. The molecule has 1 atom stereocenters. The molecule has 1 unspecified atom stereocenters. The summed E-state index contributed by atoms with van der Waals surface area (Å²) in [4.78, 5) is 15.7. The number of aromatic nitrogens is 2. The number of esters is 1. The molecule has 0 radical (unpaired) electrons. The molecule has 2 aromatic rings. The highest BCUT2D eigenvalue weighted by Gasteiger charge is 2.42. The van der Waals surface area contributed by atoms with Gasteiger partial charge in [-0.2, -0.15) is 0 Å². The number of hydrogen-bond donors (Lipinski definition) is 1. The van der Waals surface area contributed by atoms with E-state index in [2.05, 4.69) is 4.98 Å². The number of nitrogens with zero attached hydrogens (tertiary/aromatic N) is 2. The first-order valence-corrected chi connectivity index (χ1v) is 7.64. The van der Waals surface area contributed by atoms with Crippen molar-refractivity contribution in [3.8, 4) is 0 Å². The minimum atomic E-state index is -1.52. The van der Waals surface area contributed by atoms with Crippen molar-refractivity contribution in [2.75, 3.05) is 6.26 Å². The molecule has 0 aromatic carbocycles. The van der Waals surface area contributed by atoms with Crippen molar-refractivity contribution in [2.24, 2.45) is 0 Å². The zero-order valence-electron chi connectivity index (χ0n) is 11.6. The topological polar surface area (TPSA) is 64.3 Å². The van der Waals surface area contributed by atoms with E-state index in [4.69, 9.17) is 4.74 Å². The molecule has 1 N–H and O–H groups in total. The summed E-state index contributed by atoms with van der Waals surface area (Å²) in [5.74, 6) is -2.00. The number of pyridine rings is 1. The summed E-state index contributed by atoms with van der Waals surface area (Å²) in [5, 5.41) is 12.5. The van der Waals surface area contributed by atoms with E-state index >= 15 is 0 Å². The highest BCUT2D eigenvalue weighted by molar-refractivity contribution is 7.98. The van der Waals surface area contributed by atoms with Crippen LogP contribution in [-0.4, -0.2) is 26.9 Å². The Morgan fingerprint density at radius 3 is 2.95 bits per heavy atom. The van der Waals surface area contributed by atoms with Gasteiger partial charge in [-0.1, -0.05) is 0 Å². The quantitative estimate of drug-likeness (QED) is 0.522. The fourth-order valence-electron chi connectivity index (χ4n) is 2.79. The van der Waals surface area contributed by atoms with Gasteiger partial charge < -0.3 is 14.4 Å². The lowest BCUT2D eigenvalue weighted by Crippen LogP contribution is -2.28. The average molecular weight is 292 g/mol. The summed E-state index contributed by atoms with van der Waals surface area (Å²) in [5.41, 5.74) is 2.59. The zero-order valence-corrected chi connectivity index (χ0v) is 12.5. The second-order valence-electron chi connectivity index (χ2n) is 5.01. The first kappa shape index (κ1) is 13.5. The van der Waals surface area contributed by atoms with Crippen molar-refractivity contribution in [1.29, 1.82) is 0 Å². The Balaban J connectivity index is 2.22. The van der Waals surface area contributed by atoms with Gasteiger partial charge in [0, 0.05) is 31.0 Å². The number of carbonyl (C=O) groups excluding carboxylic acids is 1. The molecule has 2 aromatic heterocycles. The summed E-state index contributed by atoms with van der Waals surface area (Å²) in [7, 11) is 0. The Hall–Kier alpha value is -1.53. The summed E-state index contributed by atoms with van der Waals surface area (Å²) in [6.45, 7) is 3.88. The third kappa shape index (κ3) is 1.91. The molecule has 0 saturated carbocycles. The Morgan fingerprint density at radius 2 is 2.30 bits per heavy atom. The lowest BCUT2D eigenvalue weighted by atomic mass is 10.1. The Labute approximate surface area is 120 Å². The van der Waals surface area contributed by atoms with Crippen LogP contribution in [0, 0.1) is 6.92 Å². The molecule has 3 rings (SSSR count). The van der Waals surface area contributed by atoms with E-state index in [0.717, 1.165) is 21.6 Å². The van der Waals surface area contributed by atoms with Crippen LogP contribution in [0.25, 0.3) is 10.9 Å². The van der Waals surface area contributed by atoms with Gasteiger partial charge in [0.15, 0.2) is 0 Å². The predicted molar refractivity (Wildman–Crippen MR) is 76.5 cm³/mol. The summed E-state index contributed by atoms with van der Waals surface area (Å²) in [6, 6.07) is 3.88. The molecule has 20 heavy (non-hydrogen) atoms. The monoisotopic (exact) mass is 292 g/mol. The number of ether oxygens (including phenoxy) is 1. The van der Waals surface area contributed by atoms with Crippen LogP contribution < -0.4 is 0 Å². The predicted octanol–water partition coefficient (Wildman–Crippen LogP) is 2.18. The minimum Gasteiger partial charge on any atom is -0.427 e. The normalized spacial score (nSPS) is 21.2. The van der Waals surface area contributed by atoms with Crippen LogP contribution in [0.5, 0.6) is 0 Å². The Morgan fingerprint density at radius 1 is 1.55 bits per heavy atom. The second-order valence-corrected chi connectivity index (χ2v) is 5.81. The molecule has 6 heteroatoms. The van der Waals surface area contributed by atoms with Crippen LogP contribution in [0.3, 0.4) is 0 Å². The number of aliphatic hydroxyl groups is 1. The standard InChI is InChI=1S/C14H16N2O3S/c1-8-6-11-10(13(15-8)20-3)7-12-14(18,19-9(2)17)4-5-16(11)12/h6-7,18H,4-5H2,1-3H3. The van der Waals surface area contributed by atoms with Gasteiger partial charge in [0.1, 0.15) is 5.03 Å². The van der Waals surface area contributed by atoms with Crippen molar-refractivity contribution in [2.45, 2.75) is 37.6 Å². The maximum absolute atomic E-state index is 11.2. The van der Waals surface area contributed by atoms with E-state index in [1.807, 2.05) is 29.9 Å². The number of thioether (sulfide) groups is 1. The molecule has 3 heterocycles. The van der Waals surface area contributed by atoms with Gasteiger partial charge in [0.25, 0.3) is 5.79 Å². The Kier molecular flexibility index (Phi) is 3.02. The number of rotatable bonds is 2. The van der Waals surface area contributed by atoms with Crippen LogP contribution in [0.1, 0.15) is 24.7 Å². The molecule has 0 bridgehead atoms. The number of aryl methyl sites for hydroxylation is 2. The average Bonchev–Trinajstić information content (AvgIpc) is 2.87. The SMILES string of the molecule is CSc1nc(C)cc2c1cc1n2CCC1(O)OC(C)=O. The number of carbonyl (C=O) groups is 1. The highest BCUT2D eigenvalue weighted by atomic mass is 32.2. The van der Waals surface area contributed by atoms with E-state index in [1.165, 1.54) is 6.92 Å². The van der Waals surface area contributed by atoms with Crippen LogP contribution in [0.4, 0.5) is 0 Å². The van der Waals surface area contributed by atoms with Crippen LogP contribution in [0.15, 0.2) is 17.2 Å². The largest absolute Gasteiger partial charge is 0.427 e. The molecule has 5 nitrogen and oxygen atoms in total. The molecule has 0 spiro atoms. The van der Waals surface area contributed by atoms with E-state index < -0.39 is 11.8 Å². The Bertz CT molecular complexity index is 710. The summed E-state index contributed by atoms with van der Waals surface area (Å²) < 4.78 is 7.13. The van der Waals surface area contributed by atoms with Crippen LogP contribution in [-0.2, 0) is 21.9 Å². The number of fused-ring (bicyclic) bond motifs is 3. The van der Waals surface area contributed by atoms with Gasteiger partial charge >= 0.3 is 5.97 Å². The molecule has 1 aliphatic rings. The van der Waals surface area contributed by atoms with Gasteiger partial charge in [0.2, 0.25) is 0 Å². The first-order valence-electron chi connectivity index (χ1n) is 6.42. The molecule has 0 saturated heterocycles. The van der Waals surface area contributed by atoms with Gasteiger partial charge in [-0.05, 0) is 25.3 Å². The van der Waals surface area contributed by atoms with Crippen molar-refractivity contribution >= 4 is 28.6 Å². The van der Waals surface area contributed by atoms with Gasteiger partial charge in [-0.25, -0.2) is 4.98 Å². The zero-order chi connectivity index (χ0) is 14.5. The van der Waals surface area contributed by atoms with Crippen LogP contribution in [0.2, 0.25) is 0 Å². The molecule has 106 valence electrons. The van der Waals surface area contributed by atoms with E-state index in [9.17, 15) is 9.90 Å². The molecule has 0 amide bonds. The van der Waals surface area contributed by atoms with Gasteiger partial charge in [0.05, 0.1) is 11.2 Å². The summed E-state index contributed by atoms with van der Waals surface area (Å²) in [6.07, 6.45) is 2.36. The maximum atomic E-state index is 11.2. The van der Waals surface area contributed by atoms with Crippen molar-refractivity contribution < 1.29 is 14.6 Å². The van der Waals surface area contributed by atoms with Crippen LogP contribution >= 0.6 is 11.8 Å². The van der Waals surface area contributed by atoms with Gasteiger partial charge in [-0.15, -0.1) is 11.8 Å². The van der Waals surface area contributed by atoms with E-state index in [-0.39, 0.29) is 0 Å². The van der Waals surface area contributed by atoms with Gasteiger partial charge in [-0.3, -0.25) is 4.79 Å². The third-order valence-corrected chi connectivity index (χ3v) is 4.27. The molecular formula is C14H16N2O3S. The lowest BCUT2D eigenvalue weighted by molar-refractivity contribution is -0.212. The fraction of sp³-hybridized carbons (Fsp3) is 0.429. The maximum Gasteiger partial charge on any atom is 0.305 e. The lowest BCUT2D eigenvalue weighted by Gasteiger charge is -2.21. The molecule has 1 aliphatic heterocycles. The summed E-state index contributed by atoms with van der Waals surface area (Å²) >= 11 is 1.57. The highest BCUT2D eigenvalue weighted by Crippen LogP contribution is 2.40.